The summed E-state index contributed by atoms with van der Waals surface area (Å²) in [5.74, 6) is -0.534. The molecule has 2 heterocycles. The molecule has 0 spiro atoms. The van der Waals surface area contributed by atoms with Crippen molar-refractivity contribution in [3.05, 3.63) is 11.9 Å². The summed E-state index contributed by atoms with van der Waals surface area (Å²) in [5.41, 5.74) is 6.05. The van der Waals surface area contributed by atoms with Crippen molar-refractivity contribution in [1.29, 1.82) is 0 Å². The largest absolute Gasteiger partial charge is 0.467 e. The van der Waals surface area contributed by atoms with Crippen molar-refractivity contribution in [2.24, 2.45) is 5.73 Å². The summed E-state index contributed by atoms with van der Waals surface area (Å²) in [6, 6.07) is -0.477. The first-order valence-corrected chi connectivity index (χ1v) is 6.12. The number of nitrogens with two attached hydrogens (primary N) is 1. The molecule has 1 aliphatic heterocycles. The highest BCUT2D eigenvalue weighted by molar-refractivity contribution is 5.85. The summed E-state index contributed by atoms with van der Waals surface area (Å²) < 4.78 is 6.13. The molecule has 0 bridgehead atoms. The van der Waals surface area contributed by atoms with Gasteiger partial charge in [-0.25, -0.2) is 9.48 Å². The lowest BCUT2D eigenvalue weighted by molar-refractivity contribution is -0.151. The molecule has 1 fully saturated rings. The molecule has 8 heteroatoms. The fourth-order valence-corrected chi connectivity index (χ4v) is 2.19. The van der Waals surface area contributed by atoms with Gasteiger partial charge in [0.1, 0.15) is 12.6 Å². The summed E-state index contributed by atoms with van der Waals surface area (Å²) in [6.45, 7) is 0.903. The molecule has 1 amide bonds. The molecule has 0 aliphatic carbocycles. The molecule has 104 valence electrons. The van der Waals surface area contributed by atoms with E-state index in [1.807, 2.05) is 0 Å². The van der Waals surface area contributed by atoms with Gasteiger partial charge in [-0.2, -0.15) is 0 Å². The van der Waals surface area contributed by atoms with Crippen molar-refractivity contribution < 1.29 is 14.3 Å². The molecule has 0 aromatic carbocycles. The average molecular weight is 267 g/mol. The second-order valence-corrected chi connectivity index (χ2v) is 4.38. The van der Waals surface area contributed by atoms with Crippen molar-refractivity contribution in [1.82, 2.24) is 19.9 Å². The minimum absolute atomic E-state index is 0.0560. The van der Waals surface area contributed by atoms with Gasteiger partial charge >= 0.3 is 5.97 Å². The quantitative estimate of drug-likeness (QED) is 0.695. The first-order chi connectivity index (χ1) is 9.15. The number of hydrogen-bond donors (Lipinski definition) is 1. The number of amides is 1. The van der Waals surface area contributed by atoms with E-state index in [2.05, 4.69) is 10.3 Å². The number of aromatic nitrogens is 3. The van der Waals surface area contributed by atoms with Gasteiger partial charge in [0.05, 0.1) is 19.0 Å². The minimum atomic E-state index is -0.477. The summed E-state index contributed by atoms with van der Waals surface area (Å²) in [6.07, 6.45) is 3.07. The molecule has 2 N–H and O–H groups in total. The van der Waals surface area contributed by atoms with Crippen LogP contribution in [0.4, 0.5) is 0 Å². The van der Waals surface area contributed by atoms with E-state index in [-0.39, 0.29) is 25.0 Å². The maximum atomic E-state index is 12.1. The normalized spacial score (nSPS) is 18.6. The molecule has 19 heavy (non-hydrogen) atoms. The van der Waals surface area contributed by atoms with E-state index in [0.29, 0.717) is 18.7 Å². The predicted molar refractivity (Wildman–Crippen MR) is 64.7 cm³/mol. The van der Waals surface area contributed by atoms with Gasteiger partial charge in [-0.3, -0.25) is 4.79 Å². The van der Waals surface area contributed by atoms with Crippen LogP contribution < -0.4 is 5.73 Å². The van der Waals surface area contributed by atoms with E-state index in [1.54, 1.807) is 6.20 Å². The Kier molecular flexibility index (Phi) is 4.10. The minimum Gasteiger partial charge on any atom is -0.467 e. The fourth-order valence-electron chi connectivity index (χ4n) is 2.19. The van der Waals surface area contributed by atoms with Gasteiger partial charge < -0.3 is 15.4 Å². The Morgan fingerprint density at radius 2 is 2.37 bits per heavy atom. The zero-order valence-electron chi connectivity index (χ0n) is 10.8. The summed E-state index contributed by atoms with van der Waals surface area (Å²) >= 11 is 0. The van der Waals surface area contributed by atoms with Crippen LogP contribution in [0.5, 0.6) is 0 Å². The maximum Gasteiger partial charge on any atom is 0.328 e. The molecular weight excluding hydrogens is 250 g/mol. The van der Waals surface area contributed by atoms with Crippen LogP contribution in [0, 0.1) is 0 Å². The van der Waals surface area contributed by atoms with Crippen molar-refractivity contribution in [3.63, 3.8) is 0 Å². The Morgan fingerprint density at radius 3 is 3.00 bits per heavy atom. The van der Waals surface area contributed by atoms with Gasteiger partial charge in [-0.1, -0.05) is 5.21 Å². The van der Waals surface area contributed by atoms with E-state index < -0.39 is 6.04 Å². The first-order valence-electron chi connectivity index (χ1n) is 6.12. The van der Waals surface area contributed by atoms with E-state index >= 15 is 0 Å². The Hall–Kier alpha value is -1.96. The molecule has 2 rings (SSSR count). The third-order valence-corrected chi connectivity index (χ3v) is 3.14. The molecule has 8 nitrogen and oxygen atoms in total. The Balaban J connectivity index is 2.00. The van der Waals surface area contributed by atoms with Gasteiger partial charge in [0.2, 0.25) is 5.91 Å². The first kappa shape index (κ1) is 13.5. The predicted octanol–water partition coefficient (Wildman–Crippen LogP) is -1.10. The number of nitrogens with zero attached hydrogens (tertiary/aromatic N) is 4. The smallest absolute Gasteiger partial charge is 0.328 e. The van der Waals surface area contributed by atoms with Crippen molar-refractivity contribution >= 4 is 11.9 Å². The number of hydrogen-bond acceptors (Lipinski definition) is 6. The number of rotatable bonds is 4. The lowest BCUT2D eigenvalue weighted by atomic mass is 10.2. The highest BCUT2D eigenvalue weighted by Gasteiger charge is 2.34. The molecule has 1 atom stereocenters. The molecule has 1 unspecified atom stereocenters. The monoisotopic (exact) mass is 267 g/mol. The second kappa shape index (κ2) is 5.79. The topological polar surface area (TPSA) is 103 Å². The van der Waals surface area contributed by atoms with E-state index in [0.717, 1.165) is 6.42 Å². The summed E-state index contributed by atoms with van der Waals surface area (Å²) in [7, 11) is 1.33. The number of carbonyl (C=O) groups is 2. The zero-order valence-corrected chi connectivity index (χ0v) is 10.8. The highest BCUT2D eigenvalue weighted by Crippen LogP contribution is 2.18. The molecule has 1 aliphatic rings. The van der Waals surface area contributed by atoms with E-state index in [4.69, 9.17) is 10.5 Å². The third-order valence-electron chi connectivity index (χ3n) is 3.14. The van der Waals surface area contributed by atoms with Crippen LogP contribution in [0.3, 0.4) is 0 Å². The van der Waals surface area contributed by atoms with Crippen LogP contribution in [0.2, 0.25) is 0 Å². The lowest BCUT2D eigenvalue weighted by Gasteiger charge is -2.22. The number of ether oxygens (including phenoxy) is 1. The number of likely N-dealkylation sites (tertiary alicyclic amines) is 1. The Morgan fingerprint density at radius 1 is 1.58 bits per heavy atom. The Bertz CT molecular complexity index is 473. The van der Waals surface area contributed by atoms with Crippen LogP contribution in [-0.2, 0) is 27.4 Å². The van der Waals surface area contributed by atoms with E-state index in [1.165, 1.54) is 16.7 Å². The van der Waals surface area contributed by atoms with Crippen LogP contribution >= 0.6 is 0 Å². The van der Waals surface area contributed by atoms with Crippen molar-refractivity contribution in [2.75, 3.05) is 13.7 Å². The van der Waals surface area contributed by atoms with Gasteiger partial charge in [-0.05, 0) is 12.8 Å². The van der Waals surface area contributed by atoms with Crippen molar-refractivity contribution in [3.8, 4) is 0 Å². The standard InChI is InChI=1S/C11H17N5O3/c1-19-11(18)9-3-2-4-16(9)10(17)7-15-6-8(5-12)13-14-15/h6,9H,2-5,7,12H2,1H3. The average Bonchev–Trinajstić information content (AvgIpc) is 3.06. The third kappa shape index (κ3) is 2.90. The summed E-state index contributed by atoms with van der Waals surface area (Å²) in [5, 5.41) is 7.62. The zero-order chi connectivity index (χ0) is 13.8. The molecular formula is C11H17N5O3. The van der Waals surface area contributed by atoms with Crippen LogP contribution in [0.15, 0.2) is 6.20 Å². The maximum absolute atomic E-state index is 12.1. The van der Waals surface area contributed by atoms with Gasteiger partial charge in [0, 0.05) is 13.1 Å². The fraction of sp³-hybridized carbons (Fsp3) is 0.636. The van der Waals surface area contributed by atoms with Crippen LogP contribution in [-0.4, -0.2) is 51.5 Å². The lowest BCUT2D eigenvalue weighted by Crippen LogP contribution is -2.42. The number of esters is 1. The number of carbonyl (C=O) groups excluding carboxylic acids is 2. The van der Waals surface area contributed by atoms with Gasteiger partial charge in [0.25, 0.3) is 0 Å². The SMILES string of the molecule is COC(=O)C1CCCN1C(=O)Cn1cc(CN)nn1. The second-order valence-electron chi connectivity index (χ2n) is 4.38. The molecule has 1 aromatic rings. The Labute approximate surface area is 110 Å². The summed E-state index contributed by atoms with van der Waals surface area (Å²) in [4.78, 5) is 25.2. The molecule has 1 saturated heterocycles. The van der Waals surface area contributed by atoms with Gasteiger partial charge in [0.15, 0.2) is 0 Å². The van der Waals surface area contributed by atoms with Crippen LogP contribution in [0.25, 0.3) is 0 Å². The van der Waals surface area contributed by atoms with E-state index in [9.17, 15) is 9.59 Å². The molecule has 0 radical (unpaired) electrons. The van der Waals surface area contributed by atoms with Gasteiger partial charge in [-0.15, -0.1) is 5.10 Å². The van der Waals surface area contributed by atoms with Crippen LogP contribution in [0.1, 0.15) is 18.5 Å². The molecule has 0 saturated carbocycles. The number of methoxy groups -OCH3 is 1. The van der Waals surface area contributed by atoms with Crippen molar-refractivity contribution in [2.45, 2.75) is 32.0 Å². The highest BCUT2D eigenvalue weighted by atomic mass is 16.5. The molecule has 1 aromatic heterocycles.